The predicted molar refractivity (Wildman–Crippen MR) is 104 cm³/mol. The number of ether oxygens (including phenoxy) is 1. The van der Waals surface area contributed by atoms with E-state index in [-0.39, 0.29) is 5.75 Å². The minimum absolute atomic E-state index is 0.0779. The molecule has 0 fully saturated rings. The number of fused-ring (bicyclic) bond motifs is 1. The number of rotatable bonds is 4. The van der Waals surface area contributed by atoms with Crippen molar-refractivity contribution >= 4 is 17.2 Å². The first-order chi connectivity index (χ1) is 13.2. The van der Waals surface area contributed by atoms with E-state index in [4.69, 9.17) is 9.72 Å². The maximum Gasteiger partial charge on any atom is 0.187 e. The molecule has 0 aliphatic heterocycles. The van der Waals surface area contributed by atoms with Gasteiger partial charge in [-0.05, 0) is 42.8 Å². The summed E-state index contributed by atoms with van der Waals surface area (Å²) in [6, 6.07) is 18.4. The average Bonchev–Trinajstić information content (AvgIpc) is 3.07. The molecule has 0 amide bonds. The Balaban J connectivity index is 1.92. The van der Waals surface area contributed by atoms with Crippen molar-refractivity contribution in [1.29, 1.82) is 0 Å². The molecule has 4 rings (SSSR count). The standard InChI is InChI=1S/C21H18N4O2/c1-14-7-6-12-25-20(14)22-19(15-8-5-9-16(13-15)27-2)21(25)24-23-17-10-3-4-11-18(17)26/h3-13,26H,1-2H3. The second-order valence-electron chi connectivity index (χ2n) is 6.09. The zero-order chi connectivity index (χ0) is 18.8. The molecule has 6 heteroatoms. The molecule has 0 spiro atoms. The van der Waals surface area contributed by atoms with Crippen molar-refractivity contribution in [3.05, 3.63) is 72.4 Å². The molecule has 2 heterocycles. The smallest absolute Gasteiger partial charge is 0.187 e. The third kappa shape index (κ3) is 3.13. The molecule has 0 atom stereocenters. The van der Waals surface area contributed by atoms with Crippen molar-refractivity contribution in [3.8, 4) is 22.8 Å². The maximum atomic E-state index is 9.96. The van der Waals surface area contributed by atoms with Gasteiger partial charge in [-0.3, -0.25) is 4.40 Å². The minimum Gasteiger partial charge on any atom is -0.506 e. The van der Waals surface area contributed by atoms with Gasteiger partial charge in [-0.15, -0.1) is 10.2 Å². The Morgan fingerprint density at radius 1 is 1.00 bits per heavy atom. The highest BCUT2D eigenvalue weighted by atomic mass is 16.5. The van der Waals surface area contributed by atoms with E-state index in [9.17, 15) is 5.11 Å². The molecule has 0 bridgehead atoms. The lowest BCUT2D eigenvalue weighted by Crippen LogP contribution is -1.85. The molecular weight excluding hydrogens is 340 g/mol. The maximum absolute atomic E-state index is 9.96. The molecule has 0 aliphatic carbocycles. The first-order valence-electron chi connectivity index (χ1n) is 8.49. The number of methoxy groups -OCH3 is 1. The Hall–Kier alpha value is -3.67. The SMILES string of the molecule is COc1cccc(-c2nc3c(C)cccn3c2N=Nc2ccccc2O)c1. The van der Waals surface area contributed by atoms with Gasteiger partial charge < -0.3 is 9.84 Å². The summed E-state index contributed by atoms with van der Waals surface area (Å²) in [7, 11) is 1.63. The topological polar surface area (TPSA) is 71.5 Å². The molecular formula is C21H18N4O2. The number of phenols is 1. The summed E-state index contributed by atoms with van der Waals surface area (Å²) in [5, 5.41) is 18.6. The van der Waals surface area contributed by atoms with Crippen molar-refractivity contribution in [2.24, 2.45) is 10.2 Å². The van der Waals surface area contributed by atoms with E-state index in [1.54, 1.807) is 31.4 Å². The number of pyridine rings is 1. The zero-order valence-corrected chi connectivity index (χ0v) is 15.0. The number of nitrogens with zero attached hydrogens (tertiary/aromatic N) is 4. The molecule has 0 saturated heterocycles. The normalized spacial score (nSPS) is 11.3. The molecule has 0 saturated carbocycles. The van der Waals surface area contributed by atoms with E-state index in [2.05, 4.69) is 10.2 Å². The number of hydrogen-bond acceptors (Lipinski definition) is 5. The van der Waals surface area contributed by atoms with Crippen LogP contribution in [0.1, 0.15) is 5.56 Å². The second kappa shape index (κ2) is 6.92. The summed E-state index contributed by atoms with van der Waals surface area (Å²) in [4.78, 5) is 4.78. The number of benzene rings is 2. The number of aromatic hydroxyl groups is 1. The molecule has 6 nitrogen and oxygen atoms in total. The molecule has 1 N–H and O–H groups in total. The Morgan fingerprint density at radius 3 is 2.67 bits per heavy atom. The lowest BCUT2D eigenvalue weighted by molar-refractivity contribution is 0.415. The summed E-state index contributed by atoms with van der Waals surface area (Å²) in [5.74, 6) is 1.41. The quantitative estimate of drug-likeness (QED) is 0.494. The van der Waals surface area contributed by atoms with E-state index in [0.29, 0.717) is 17.2 Å². The van der Waals surface area contributed by atoms with Gasteiger partial charge >= 0.3 is 0 Å². The Kier molecular flexibility index (Phi) is 4.30. The molecule has 134 valence electrons. The summed E-state index contributed by atoms with van der Waals surface area (Å²) >= 11 is 0. The van der Waals surface area contributed by atoms with Crippen LogP contribution >= 0.6 is 0 Å². The van der Waals surface area contributed by atoms with Crippen LogP contribution in [0.5, 0.6) is 11.5 Å². The van der Waals surface area contributed by atoms with Crippen molar-refractivity contribution in [3.63, 3.8) is 0 Å². The first kappa shape index (κ1) is 16.8. The largest absolute Gasteiger partial charge is 0.506 e. The number of hydrogen-bond donors (Lipinski definition) is 1. The van der Waals surface area contributed by atoms with Crippen molar-refractivity contribution in [1.82, 2.24) is 9.38 Å². The lowest BCUT2D eigenvalue weighted by atomic mass is 10.1. The van der Waals surface area contributed by atoms with Crippen molar-refractivity contribution in [2.75, 3.05) is 7.11 Å². The van der Waals surface area contributed by atoms with Crippen LogP contribution in [0.3, 0.4) is 0 Å². The second-order valence-corrected chi connectivity index (χ2v) is 6.09. The summed E-state index contributed by atoms with van der Waals surface area (Å²) in [5.41, 5.74) is 3.81. The van der Waals surface area contributed by atoms with Crippen LogP contribution in [0.4, 0.5) is 11.5 Å². The number of aryl methyl sites for hydroxylation is 1. The molecule has 27 heavy (non-hydrogen) atoms. The van der Waals surface area contributed by atoms with Crippen LogP contribution in [0.2, 0.25) is 0 Å². The van der Waals surface area contributed by atoms with Gasteiger partial charge in [-0.2, -0.15) is 0 Å². The highest BCUT2D eigenvalue weighted by Gasteiger charge is 2.16. The van der Waals surface area contributed by atoms with Gasteiger partial charge in [0.25, 0.3) is 0 Å². The van der Waals surface area contributed by atoms with Gasteiger partial charge in [-0.25, -0.2) is 4.98 Å². The molecule has 2 aromatic carbocycles. The minimum atomic E-state index is 0.0779. The number of para-hydroxylation sites is 1. The fraction of sp³-hybridized carbons (Fsp3) is 0.0952. The van der Waals surface area contributed by atoms with Gasteiger partial charge in [0.15, 0.2) is 5.82 Å². The summed E-state index contributed by atoms with van der Waals surface area (Å²) in [6.45, 7) is 2.00. The van der Waals surface area contributed by atoms with Crippen LogP contribution in [0.25, 0.3) is 16.9 Å². The van der Waals surface area contributed by atoms with Crippen LogP contribution < -0.4 is 4.74 Å². The van der Waals surface area contributed by atoms with Gasteiger partial charge in [-0.1, -0.05) is 30.3 Å². The Labute approximate surface area is 156 Å². The highest BCUT2D eigenvalue weighted by molar-refractivity contribution is 5.76. The van der Waals surface area contributed by atoms with Crippen LogP contribution in [0, 0.1) is 6.92 Å². The lowest BCUT2D eigenvalue weighted by Gasteiger charge is -2.03. The van der Waals surface area contributed by atoms with Crippen LogP contribution in [0.15, 0.2) is 77.1 Å². The summed E-state index contributed by atoms with van der Waals surface area (Å²) < 4.78 is 7.23. The van der Waals surface area contributed by atoms with Crippen LogP contribution in [-0.4, -0.2) is 21.6 Å². The monoisotopic (exact) mass is 358 g/mol. The van der Waals surface area contributed by atoms with Gasteiger partial charge in [0.05, 0.1) is 7.11 Å². The third-order valence-corrected chi connectivity index (χ3v) is 4.30. The van der Waals surface area contributed by atoms with Gasteiger partial charge in [0.1, 0.15) is 28.5 Å². The number of imidazole rings is 1. The third-order valence-electron chi connectivity index (χ3n) is 4.30. The Bertz CT molecular complexity index is 1150. The van der Waals surface area contributed by atoms with Crippen LogP contribution in [-0.2, 0) is 0 Å². The van der Waals surface area contributed by atoms with E-state index in [0.717, 1.165) is 22.5 Å². The number of phenolic OH excluding ortho intramolecular Hbond substituents is 1. The molecule has 0 unspecified atom stereocenters. The van der Waals surface area contributed by atoms with Gasteiger partial charge in [0.2, 0.25) is 0 Å². The first-order valence-corrected chi connectivity index (χ1v) is 8.49. The highest BCUT2D eigenvalue weighted by Crippen LogP contribution is 2.35. The number of azo groups is 1. The van der Waals surface area contributed by atoms with Crippen molar-refractivity contribution in [2.45, 2.75) is 6.92 Å². The fourth-order valence-electron chi connectivity index (χ4n) is 2.90. The molecule has 4 aromatic rings. The Morgan fingerprint density at radius 2 is 1.85 bits per heavy atom. The molecule has 0 radical (unpaired) electrons. The average molecular weight is 358 g/mol. The van der Waals surface area contributed by atoms with Crippen molar-refractivity contribution < 1.29 is 9.84 Å². The fourth-order valence-corrected chi connectivity index (χ4v) is 2.90. The molecule has 0 aliphatic rings. The van der Waals surface area contributed by atoms with E-state index >= 15 is 0 Å². The van der Waals surface area contributed by atoms with E-state index in [1.807, 2.05) is 53.9 Å². The molecule has 2 aromatic heterocycles. The number of aromatic nitrogens is 2. The zero-order valence-electron chi connectivity index (χ0n) is 15.0. The van der Waals surface area contributed by atoms with E-state index < -0.39 is 0 Å². The predicted octanol–water partition coefficient (Wildman–Crippen LogP) is 5.44. The summed E-state index contributed by atoms with van der Waals surface area (Å²) in [6.07, 6.45) is 1.90. The van der Waals surface area contributed by atoms with Gasteiger partial charge in [0, 0.05) is 11.8 Å². The van der Waals surface area contributed by atoms with E-state index in [1.165, 1.54) is 0 Å².